The molecule has 0 saturated heterocycles. The first-order valence-electron chi connectivity index (χ1n) is 34.5. The van der Waals surface area contributed by atoms with Crippen LogP contribution in [0.3, 0.4) is 0 Å². The zero-order chi connectivity index (χ0) is 63.5. The summed E-state index contributed by atoms with van der Waals surface area (Å²) in [5.41, 5.74) is 0. The van der Waals surface area contributed by atoms with Gasteiger partial charge < -0.3 is 33.8 Å². The number of unbranched alkanes of at least 4 members (excludes halogenated alkanes) is 34. The lowest BCUT2D eigenvalue weighted by Gasteiger charge is -2.21. The number of hydrogen-bond acceptors (Lipinski definition) is 15. The predicted octanol–water partition coefficient (Wildman–Crippen LogP) is 18.5. The lowest BCUT2D eigenvalue weighted by atomic mass is 10.0. The molecule has 0 aliphatic carbocycles. The van der Waals surface area contributed by atoms with Crippen LogP contribution >= 0.6 is 15.6 Å². The van der Waals surface area contributed by atoms with Gasteiger partial charge in [-0.1, -0.05) is 264 Å². The molecular weight excluding hydrogens is 1140 g/mol. The van der Waals surface area contributed by atoms with Gasteiger partial charge in [-0.3, -0.25) is 37.3 Å². The summed E-state index contributed by atoms with van der Waals surface area (Å²) < 4.78 is 67.8. The molecule has 0 bridgehead atoms. The molecular formula is C67H126O17P2. The van der Waals surface area contributed by atoms with E-state index >= 15 is 0 Å². The summed E-state index contributed by atoms with van der Waals surface area (Å²) in [6.07, 6.45) is 48.5. The van der Waals surface area contributed by atoms with Crippen LogP contribution in [0.2, 0.25) is 0 Å². The Morgan fingerprint density at radius 3 is 0.953 bits per heavy atom. The third kappa shape index (κ3) is 60.5. The standard InChI is InChI=1S/C67H126O17P2/c1-6-9-12-15-17-19-20-21-23-27-30-33-37-41-46-51-65(70)78-57-63(84-67(72)53-48-43-38-34-31-28-25-22-24-26-29-32-35-40-44-49-60(4)5)59-82-86(75,76)80-55-61(68)54-79-85(73,74)81-58-62(56-77-64(69)50-45-39-14-11-8-3)83-66(71)52-47-42-36-18-16-13-10-7-2/h19-21,23,60-63,68H,6-18,22,24-59H2,1-5H3,(H,73,74)(H,75,76)/b20-19-,23-21-/t61-,62+,63+/m0/s1. The van der Waals surface area contributed by atoms with Gasteiger partial charge in [0.05, 0.1) is 26.4 Å². The number of aliphatic hydroxyl groups is 1. The van der Waals surface area contributed by atoms with Crippen LogP contribution in [0, 0.1) is 5.92 Å². The molecule has 506 valence electrons. The SMILES string of the molecule is CCCCCC/C=C\C=C/CCCCCCCC(=O)OC[C@H](COP(=O)(O)OC[C@@H](O)COP(=O)(O)OC[C@@H](COC(=O)CCCCCCC)OC(=O)CCCCCCCCCC)OC(=O)CCCCCCCCCCCCCCCCCC(C)C. The van der Waals surface area contributed by atoms with Crippen molar-refractivity contribution in [2.45, 2.75) is 335 Å². The van der Waals surface area contributed by atoms with E-state index in [1.165, 1.54) is 109 Å². The summed E-state index contributed by atoms with van der Waals surface area (Å²) >= 11 is 0. The van der Waals surface area contributed by atoms with E-state index in [-0.39, 0.29) is 25.7 Å². The molecule has 3 N–H and O–H groups in total. The maximum absolute atomic E-state index is 13.0. The fourth-order valence-corrected chi connectivity index (χ4v) is 11.2. The third-order valence-electron chi connectivity index (χ3n) is 14.9. The van der Waals surface area contributed by atoms with Crippen molar-refractivity contribution in [3.8, 4) is 0 Å². The molecule has 0 heterocycles. The molecule has 0 radical (unpaired) electrons. The van der Waals surface area contributed by atoms with Gasteiger partial charge in [-0.15, -0.1) is 0 Å². The van der Waals surface area contributed by atoms with E-state index in [1.807, 2.05) is 0 Å². The van der Waals surface area contributed by atoms with Crippen molar-refractivity contribution in [2.75, 3.05) is 39.6 Å². The summed E-state index contributed by atoms with van der Waals surface area (Å²) in [6.45, 7) is 7.06. The summed E-state index contributed by atoms with van der Waals surface area (Å²) in [6, 6.07) is 0. The van der Waals surface area contributed by atoms with Gasteiger partial charge in [0.2, 0.25) is 0 Å². The molecule has 0 aromatic rings. The largest absolute Gasteiger partial charge is 0.472 e. The third-order valence-corrected chi connectivity index (χ3v) is 16.8. The molecule has 0 aromatic heterocycles. The Kier molecular flexibility index (Phi) is 58.4. The van der Waals surface area contributed by atoms with Crippen LogP contribution < -0.4 is 0 Å². The zero-order valence-corrected chi connectivity index (χ0v) is 56.7. The monoisotopic (exact) mass is 1260 g/mol. The van der Waals surface area contributed by atoms with Crippen molar-refractivity contribution in [3.05, 3.63) is 24.3 Å². The summed E-state index contributed by atoms with van der Waals surface area (Å²) in [5.74, 6) is -1.37. The average molecular weight is 1270 g/mol. The van der Waals surface area contributed by atoms with Crippen LogP contribution in [0.25, 0.3) is 0 Å². The Balaban J connectivity index is 5.17. The van der Waals surface area contributed by atoms with E-state index < -0.39 is 97.5 Å². The van der Waals surface area contributed by atoms with Gasteiger partial charge in [0.1, 0.15) is 19.3 Å². The number of phosphoric acid groups is 2. The maximum atomic E-state index is 13.0. The molecule has 0 fully saturated rings. The predicted molar refractivity (Wildman–Crippen MR) is 344 cm³/mol. The van der Waals surface area contributed by atoms with Crippen molar-refractivity contribution in [3.63, 3.8) is 0 Å². The molecule has 17 nitrogen and oxygen atoms in total. The Bertz CT molecular complexity index is 1760. The highest BCUT2D eigenvalue weighted by Gasteiger charge is 2.30. The molecule has 0 aliphatic rings. The van der Waals surface area contributed by atoms with Crippen LogP contribution in [0.15, 0.2) is 24.3 Å². The highest BCUT2D eigenvalue weighted by molar-refractivity contribution is 7.47. The minimum absolute atomic E-state index is 0.101. The first-order valence-corrected chi connectivity index (χ1v) is 37.4. The first kappa shape index (κ1) is 83.5. The second-order valence-electron chi connectivity index (χ2n) is 24.0. The number of hydrogen-bond donors (Lipinski definition) is 3. The minimum Gasteiger partial charge on any atom is -0.462 e. The van der Waals surface area contributed by atoms with Crippen LogP contribution in [-0.2, 0) is 65.4 Å². The molecule has 2 unspecified atom stereocenters. The van der Waals surface area contributed by atoms with Gasteiger partial charge in [-0.25, -0.2) is 9.13 Å². The van der Waals surface area contributed by atoms with E-state index in [9.17, 15) is 43.2 Å². The molecule has 0 aromatic carbocycles. The van der Waals surface area contributed by atoms with E-state index in [2.05, 4.69) is 58.9 Å². The summed E-state index contributed by atoms with van der Waals surface area (Å²) in [5, 5.41) is 10.5. The first-order chi connectivity index (χ1) is 41.5. The molecule has 0 spiro atoms. The molecule has 0 saturated carbocycles. The Labute approximate surface area is 522 Å². The lowest BCUT2D eigenvalue weighted by molar-refractivity contribution is -0.161. The number of allylic oxidation sites excluding steroid dienone is 4. The highest BCUT2D eigenvalue weighted by atomic mass is 31.2. The number of ether oxygens (including phenoxy) is 4. The number of rotatable bonds is 65. The average Bonchev–Trinajstić information content (AvgIpc) is 3.59. The molecule has 86 heavy (non-hydrogen) atoms. The Morgan fingerprint density at radius 2 is 0.628 bits per heavy atom. The number of aliphatic hydroxyl groups excluding tert-OH is 1. The topological polar surface area (TPSA) is 237 Å². The second-order valence-corrected chi connectivity index (χ2v) is 26.9. The van der Waals surface area contributed by atoms with Crippen molar-refractivity contribution in [2.24, 2.45) is 5.92 Å². The van der Waals surface area contributed by atoms with Gasteiger partial charge in [0, 0.05) is 25.7 Å². The van der Waals surface area contributed by atoms with Crippen molar-refractivity contribution >= 4 is 39.5 Å². The van der Waals surface area contributed by atoms with E-state index in [0.717, 1.165) is 128 Å². The van der Waals surface area contributed by atoms with Gasteiger partial charge in [0.25, 0.3) is 0 Å². The van der Waals surface area contributed by atoms with Crippen molar-refractivity contribution in [1.82, 2.24) is 0 Å². The fraction of sp³-hybridized carbons (Fsp3) is 0.881. The molecule has 5 atom stereocenters. The van der Waals surface area contributed by atoms with E-state index in [1.54, 1.807) is 0 Å². The van der Waals surface area contributed by atoms with Gasteiger partial charge in [-0.2, -0.15) is 0 Å². The van der Waals surface area contributed by atoms with E-state index in [0.29, 0.717) is 25.7 Å². The lowest BCUT2D eigenvalue weighted by Crippen LogP contribution is -2.30. The minimum atomic E-state index is -4.95. The number of carbonyl (C=O) groups excluding carboxylic acids is 4. The normalized spacial score (nSPS) is 14.3. The van der Waals surface area contributed by atoms with Crippen molar-refractivity contribution < 1.29 is 80.2 Å². The van der Waals surface area contributed by atoms with Gasteiger partial charge in [-0.05, 0) is 57.3 Å². The second kappa shape index (κ2) is 60.1. The summed E-state index contributed by atoms with van der Waals surface area (Å²) in [4.78, 5) is 72.0. The number of phosphoric ester groups is 2. The van der Waals surface area contributed by atoms with Gasteiger partial charge in [0.15, 0.2) is 12.2 Å². The van der Waals surface area contributed by atoms with Crippen LogP contribution in [0.4, 0.5) is 0 Å². The summed E-state index contributed by atoms with van der Waals surface area (Å²) in [7, 11) is -9.89. The van der Waals surface area contributed by atoms with E-state index in [4.69, 9.17) is 37.0 Å². The van der Waals surface area contributed by atoms with Crippen LogP contribution in [0.1, 0.15) is 317 Å². The molecule has 0 amide bonds. The molecule has 19 heteroatoms. The zero-order valence-electron chi connectivity index (χ0n) is 54.9. The van der Waals surface area contributed by atoms with Crippen molar-refractivity contribution in [1.29, 1.82) is 0 Å². The Morgan fingerprint density at radius 1 is 0.360 bits per heavy atom. The van der Waals surface area contributed by atoms with Crippen LogP contribution in [-0.4, -0.2) is 96.7 Å². The van der Waals surface area contributed by atoms with Crippen LogP contribution in [0.5, 0.6) is 0 Å². The maximum Gasteiger partial charge on any atom is 0.472 e. The smallest absolute Gasteiger partial charge is 0.462 e. The Hall–Kier alpha value is -2.46. The molecule has 0 rings (SSSR count). The molecule has 0 aliphatic heterocycles. The fourth-order valence-electron chi connectivity index (χ4n) is 9.57. The highest BCUT2D eigenvalue weighted by Crippen LogP contribution is 2.45. The quantitative estimate of drug-likeness (QED) is 0.0169. The number of esters is 4. The number of carbonyl (C=O) groups is 4. The van der Waals surface area contributed by atoms with Gasteiger partial charge >= 0.3 is 39.5 Å².